The van der Waals surface area contributed by atoms with Crippen molar-refractivity contribution in [3.8, 4) is 0 Å². The summed E-state index contributed by atoms with van der Waals surface area (Å²) in [5, 5.41) is 0.777. The molecule has 3 nitrogen and oxygen atoms in total. The molecule has 4 heteroatoms. The lowest BCUT2D eigenvalue weighted by atomic mass is 9.60. The molecule has 0 aromatic heterocycles. The molecule has 2 spiro atoms. The summed E-state index contributed by atoms with van der Waals surface area (Å²) in [5.74, 6) is 1.08. The number of thioether (sulfide) groups is 1. The van der Waals surface area contributed by atoms with Gasteiger partial charge in [-0.3, -0.25) is 4.99 Å². The van der Waals surface area contributed by atoms with Crippen molar-refractivity contribution < 1.29 is 4.74 Å². The second-order valence-corrected chi connectivity index (χ2v) is 8.58. The molecule has 1 aromatic carbocycles. The molecule has 23 heavy (non-hydrogen) atoms. The summed E-state index contributed by atoms with van der Waals surface area (Å²) in [6.45, 7) is 2.19. The number of hydrogen-bond acceptors (Lipinski definition) is 4. The zero-order valence-electron chi connectivity index (χ0n) is 14.1. The van der Waals surface area contributed by atoms with E-state index in [4.69, 9.17) is 15.5 Å². The average molecular weight is 330 g/mol. The van der Waals surface area contributed by atoms with E-state index in [1.54, 1.807) is 11.8 Å². The van der Waals surface area contributed by atoms with Gasteiger partial charge in [0.15, 0.2) is 5.17 Å². The maximum atomic E-state index is 6.22. The molecular weight excluding hydrogens is 304 g/mol. The van der Waals surface area contributed by atoms with E-state index in [1.165, 1.54) is 29.5 Å². The Balaban J connectivity index is 1.83. The number of benzene rings is 1. The maximum absolute atomic E-state index is 6.22. The van der Waals surface area contributed by atoms with Crippen LogP contribution in [-0.2, 0) is 16.7 Å². The van der Waals surface area contributed by atoms with E-state index < -0.39 is 0 Å². The van der Waals surface area contributed by atoms with Crippen molar-refractivity contribution in [2.75, 3.05) is 12.9 Å². The SMILES string of the molecule is COC1CCC2(CC1)Cc1ccc(C)cc1C21CCSC(N)=N1. The van der Waals surface area contributed by atoms with Gasteiger partial charge >= 0.3 is 0 Å². The predicted molar refractivity (Wildman–Crippen MR) is 97.0 cm³/mol. The number of rotatable bonds is 1. The lowest BCUT2D eigenvalue weighted by Gasteiger charge is -2.49. The number of fused-ring (bicyclic) bond motifs is 3. The zero-order valence-corrected chi connectivity index (χ0v) is 14.9. The Bertz CT molecular complexity index is 649. The van der Waals surface area contributed by atoms with Crippen LogP contribution in [0.25, 0.3) is 0 Å². The molecule has 1 heterocycles. The van der Waals surface area contributed by atoms with Crippen molar-refractivity contribution in [2.24, 2.45) is 16.1 Å². The van der Waals surface area contributed by atoms with Gasteiger partial charge in [-0.1, -0.05) is 35.5 Å². The van der Waals surface area contributed by atoms with E-state index in [2.05, 4.69) is 25.1 Å². The van der Waals surface area contributed by atoms with Gasteiger partial charge in [-0.25, -0.2) is 0 Å². The van der Waals surface area contributed by atoms with Crippen LogP contribution in [0.2, 0.25) is 0 Å². The summed E-state index contributed by atoms with van der Waals surface area (Å²) in [6, 6.07) is 6.95. The topological polar surface area (TPSA) is 47.6 Å². The second kappa shape index (κ2) is 5.52. The van der Waals surface area contributed by atoms with E-state index in [0.29, 0.717) is 6.10 Å². The lowest BCUT2D eigenvalue weighted by Crippen LogP contribution is -2.47. The number of hydrogen-bond donors (Lipinski definition) is 1. The Morgan fingerprint density at radius 3 is 2.74 bits per heavy atom. The molecule has 2 aliphatic carbocycles. The molecule has 1 fully saturated rings. The van der Waals surface area contributed by atoms with Crippen LogP contribution in [-0.4, -0.2) is 24.1 Å². The van der Waals surface area contributed by atoms with Crippen LogP contribution >= 0.6 is 11.8 Å². The largest absolute Gasteiger partial charge is 0.381 e. The van der Waals surface area contributed by atoms with E-state index in [0.717, 1.165) is 36.6 Å². The molecule has 1 atom stereocenters. The van der Waals surface area contributed by atoms with Crippen LogP contribution in [0.1, 0.15) is 48.8 Å². The molecule has 1 saturated carbocycles. The molecule has 1 aliphatic heterocycles. The smallest absolute Gasteiger partial charge is 0.154 e. The summed E-state index contributed by atoms with van der Waals surface area (Å²) in [5.41, 5.74) is 10.6. The number of amidine groups is 1. The monoisotopic (exact) mass is 330 g/mol. The summed E-state index contributed by atoms with van der Waals surface area (Å²) >= 11 is 1.71. The Hall–Kier alpha value is -1.00. The highest BCUT2D eigenvalue weighted by molar-refractivity contribution is 8.13. The maximum Gasteiger partial charge on any atom is 0.154 e. The van der Waals surface area contributed by atoms with Crippen molar-refractivity contribution in [3.05, 3.63) is 34.9 Å². The van der Waals surface area contributed by atoms with Crippen molar-refractivity contribution in [1.29, 1.82) is 0 Å². The van der Waals surface area contributed by atoms with Crippen LogP contribution < -0.4 is 5.73 Å². The van der Waals surface area contributed by atoms with Gasteiger partial charge < -0.3 is 10.5 Å². The first-order valence-corrected chi connectivity index (χ1v) is 9.68. The minimum atomic E-state index is -0.0948. The number of aryl methyl sites for hydroxylation is 1. The molecule has 1 aromatic rings. The quantitative estimate of drug-likeness (QED) is 0.852. The van der Waals surface area contributed by atoms with Crippen molar-refractivity contribution in [3.63, 3.8) is 0 Å². The first-order chi connectivity index (χ1) is 11.1. The number of aliphatic imine (C=N–C) groups is 1. The summed E-state index contributed by atoms with van der Waals surface area (Å²) in [4.78, 5) is 5.14. The molecule has 1 unspecified atom stereocenters. The van der Waals surface area contributed by atoms with Gasteiger partial charge in [-0.05, 0) is 56.6 Å². The fourth-order valence-corrected chi connectivity index (χ4v) is 5.98. The molecule has 4 rings (SSSR count). The Morgan fingerprint density at radius 1 is 1.26 bits per heavy atom. The predicted octanol–water partition coefficient (Wildman–Crippen LogP) is 3.77. The van der Waals surface area contributed by atoms with Crippen LogP contribution in [0, 0.1) is 12.3 Å². The fourth-order valence-electron chi connectivity index (χ4n) is 5.15. The van der Waals surface area contributed by atoms with E-state index >= 15 is 0 Å². The summed E-state index contributed by atoms with van der Waals surface area (Å²) in [7, 11) is 1.85. The Morgan fingerprint density at radius 2 is 2.04 bits per heavy atom. The van der Waals surface area contributed by atoms with E-state index in [1.807, 2.05) is 7.11 Å². The molecule has 0 radical (unpaired) electrons. The first-order valence-electron chi connectivity index (χ1n) is 8.69. The van der Waals surface area contributed by atoms with Crippen molar-refractivity contribution in [1.82, 2.24) is 0 Å². The number of methoxy groups -OCH3 is 1. The highest BCUT2D eigenvalue weighted by Gasteiger charge is 2.59. The second-order valence-electron chi connectivity index (χ2n) is 7.46. The molecular formula is C19H26N2OS. The number of nitrogens with zero attached hydrogens (tertiary/aromatic N) is 1. The van der Waals surface area contributed by atoms with Crippen LogP contribution in [0.5, 0.6) is 0 Å². The van der Waals surface area contributed by atoms with Gasteiger partial charge in [0.1, 0.15) is 0 Å². The third-order valence-corrected chi connectivity index (χ3v) is 7.15. The molecule has 3 aliphatic rings. The van der Waals surface area contributed by atoms with Crippen molar-refractivity contribution >= 4 is 16.9 Å². The van der Waals surface area contributed by atoms with Gasteiger partial charge in [-0.2, -0.15) is 0 Å². The Labute approximate surface area is 143 Å². The van der Waals surface area contributed by atoms with Crippen molar-refractivity contribution in [2.45, 2.75) is 57.1 Å². The minimum absolute atomic E-state index is 0.0948. The molecule has 124 valence electrons. The first kappa shape index (κ1) is 15.5. The third-order valence-electron chi connectivity index (χ3n) is 6.36. The summed E-state index contributed by atoms with van der Waals surface area (Å²) < 4.78 is 5.62. The fraction of sp³-hybridized carbons (Fsp3) is 0.632. The molecule has 2 N–H and O–H groups in total. The molecule has 0 bridgehead atoms. The number of ether oxygens (including phenoxy) is 1. The van der Waals surface area contributed by atoms with Crippen LogP contribution in [0.4, 0.5) is 0 Å². The highest BCUT2D eigenvalue weighted by Crippen LogP contribution is 2.62. The highest BCUT2D eigenvalue weighted by atomic mass is 32.2. The summed E-state index contributed by atoms with van der Waals surface area (Å²) in [6.07, 6.45) is 7.37. The van der Waals surface area contributed by atoms with Gasteiger partial charge in [-0.15, -0.1) is 0 Å². The van der Waals surface area contributed by atoms with Gasteiger partial charge in [0.2, 0.25) is 0 Å². The third kappa shape index (κ3) is 2.25. The van der Waals surface area contributed by atoms with Crippen LogP contribution in [0.3, 0.4) is 0 Å². The average Bonchev–Trinajstić information content (AvgIpc) is 2.78. The zero-order chi connectivity index (χ0) is 16.1. The molecule has 0 amide bonds. The van der Waals surface area contributed by atoms with Gasteiger partial charge in [0, 0.05) is 18.3 Å². The van der Waals surface area contributed by atoms with Gasteiger partial charge in [0.25, 0.3) is 0 Å². The van der Waals surface area contributed by atoms with E-state index in [9.17, 15) is 0 Å². The van der Waals surface area contributed by atoms with Crippen LogP contribution in [0.15, 0.2) is 23.2 Å². The normalized spacial score (nSPS) is 36.3. The standard InChI is InChI=1S/C19H26N2OS/c1-13-3-4-14-12-18(7-5-15(22-2)6-8-18)19(16(14)11-13)9-10-23-17(20)21-19/h3-4,11,15H,5-10,12H2,1-2H3,(H2,20,21). The number of nitrogens with two attached hydrogens (primary N) is 1. The lowest BCUT2D eigenvalue weighted by molar-refractivity contribution is -0.00437. The Kier molecular flexibility index (Phi) is 3.73. The van der Waals surface area contributed by atoms with Gasteiger partial charge in [0.05, 0.1) is 11.6 Å². The molecule has 0 saturated heterocycles. The minimum Gasteiger partial charge on any atom is -0.381 e. The van der Waals surface area contributed by atoms with E-state index in [-0.39, 0.29) is 11.0 Å².